The van der Waals surface area contributed by atoms with Crippen LogP contribution in [0.25, 0.3) is 11.0 Å². The summed E-state index contributed by atoms with van der Waals surface area (Å²) in [5.41, 5.74) is 5.78. The van der Waals surface area contributed by atoms with Crippen molar-refractivity contribution in [2.75, 3.05) is 4.90 Å². The molecular formula is C22H17NOS. The number of nitrogens with zero attached hydrogens (tertiary/aromatic N) is 1. The van der Waals surface area contributed by atoms with Gasteiger partial charge in [-0.2, -0.15) is 0 Å². The van der Waals surface area contributed by atoms with E-state index in [2.05, 4.69) is 73.3 Å². The van der Waals surface area contributed by atoms with E-state index in [0.717, 1.165) is 11.5 Å². The smallest absolute Gasteiger partial charge is 0.219 e. The van der Waals surface area contributed by atoms with Crippen molar-refractivity contribution in [3.05, 3.63) is 77.9 Å². The lowest BCUT2D eigenvalue weighted by Crippen LogP contribution is -2.14. The van der Waals surface area contributed by atoms with Gasteiger partial charge in [0.2, 0.25) is 5.88 Å². The van der Waals surface area contributed by atoms with Gasteiger partial charge in [0.05, 0.1) is 16.3 Å². The molecule has 3 heteroatoms. The van der Waals surface area contributed by atoms with Crippen LogP contribution in [0.1, 0.15) is 11.1 Å². The second kappa shape index (κ2) is 5.43. The fourth-order valence-corrected chi connectivity index (χ4v) is 4.63. The Balaban J connectivity index is 1.83. The molecule has 0 fully saturated rings. The highest BCUT2D eigenvalue weighted by Crippen LogP contribution is 2.55. The Morgan fingerprint density at radius 2 is 1.64 bits per heavy atom. The van der Waals surface area contributed by atoms with Gasteiger partial charge in [-0.3, -0.25) is 4.90 Å². The highest BCUT2D eigenvalue weighted by molar-refractivity contribution is 8.00. The van der Waals surface area contributed by atoms with E-state index in [1.165, 1.54) is 37.7 Å². The summed E-state index contributed by atoms with van der Waals surface area (Å²) in [4.78, 5) is 4.70. The van der Waals surface area contributed by atoms with E-state index in [-0.39, 0.29) is 0 Å². The van der Waals surface area contributed by atoms with Crippen LogP contribution < -0.4 is 4.90 Å². The predicted molar refractivity (Wildman–Crippen MR) is 104 cm³/mol. The molecule has 0 N–H and O–H groups in total. The van der Waals surface area contributed by atoms with Crippen LogP contribution in [0, 0.1) is 13.8 Å². The van der Waals surface area contributed by atoms with Crippen molar-refractivity contribution >= 4 is 40.0 Å². The summed E-state index contributed by atoms with van der Waals surface area (Å²) in [7, 11) is 0. The average Bonchev–Trinajstić information content (AvgIpc) is 2.99. The molecule has 0 atom stereocenters. The lowest BCUT2D eigenvalue weighted by Gasteiger charge is -2.30. The third-order valence-electron chi connectivity index (χ3n) is 4.65. The van der Waals surface area contributed by atoms with Gasteiger partial charge in [-0.05, 0) is 49.7 Å². The third kappa shape index (κ3) is 2.19. The van der Waals surface area contributed by atoms with Crippen LogP contribution >= 0.6 is 11.8 Å². The Labute approximate surface area is 151 Å². The molecule has 0 amide bonds. The molecule has 25 heavy (non-hydrogen) atoms. The second-order valence-electron chi connectivity index (χ2n) is 6.43. The molecule has 0 bridgehead atoms. The van der Waals surface area contributed by atoms with E-state index in [4.69, 9.17) is 4.42 Å². The lowest BCUT2D eigenvalue weighted by atomic mass is 10.1. The van der Waals surface area contributed by atoms with Gasteiger partial charge < -0.3 is 4.42 Å². The number of para-hydroxylation sites is 2. The first-order chi connectivity index (χ1) is 12.2. The number of hydrogen-bond donors (Lipinski definition) is 0. The Kier molecular flexibility index (Phi) is 3.19. The molecule has 0 aliphatic carbocycles. The molecule has 0 saturated carbocycles. The molecular weight excluding hydrogens is 326 g/mol. The Morgan fingerprint density at radius 1 is 0.840 bits per heavy atom. The fraction of sp³-hybridized carbons (Fsp3) is 0.0909. The van der Waals surface area contributed by atoms with Crippen molar-refractivity contribution in [1.82, 2.24) is 0 Å². The molecule has 1 aliphatic rings. The molecule has 4 aromatic rings. The summed E-state index contributed by atoms with van der Waals surface area (Å²) in [5.74, 6) is 0.914. The van der Waals surface area contributed by atoms with E-state index in [1.807, 2.05) is 12.1 Å². The first-order valence-electron chi connectivity index (χ1n) is 8.38. The fourth-order valence-electron chi connectivity index (χ4n) is 3.50. The minimum Gasteiger partial charge on any atom is -0.439 e. The number of benzene rings is 3. The van der Waals surface area contributed by atoms with Crippen molar-refractivity contribution in [1.29, 1.82) is 0 Å². The summed E-state index contributed by atoms with van der Waals surface area (Å²) < 4.78 is 6.30. The summed E-state index contributed by atoms with van der Waals surface area (Å²) in [5, 5.41) is 1.17. The second-order valence-corrected chi connectivity index (χ2v) is 7.48. The van der Waals surface area contributed by atoms with Gasteiger partial charge >= 0.3 is 0 Å². The summed E-state index contributed by atoms with van der Waals surface area (Å²) in [6.45, 7) is 4.29. The van der Waals surface area contributed by atoms with Gasteiger partial charge in [-0.15, -0.1) is 0 Å². The molecule has 0 saturated heterocycles. The van der Waals surface area contributed by atoms with Crippen LogP contribution in [-0.2, 0) is 0 Å². The van der Waals surface area contributed by atoms with Gasteiger partial charge in [0.25, 0.3) is 0 Å². The van der Waals surface area contributed by atoms with Crippen LogP contribution in [-0.4, -0.2) is 0 Å². The Bertz CT molecular complexity index is 1110. The minimum atomic E-state index is 0.914. The summed E-state index contributed by atoms with van der Waals surface area (Å²) >= 11 is 1.79. The third-order valence-corrected chi connectivity index (χ3v) is 5.81. The quantitative estimate of drug-likeness (QED) is 0.326. The van der Waals surface area contributed by atoms with Crippen molar-refractivity contribution in [2.24, 2.45) is 0 Å². The molecule has 2 heterocycles. The average molecular weight is 343 g/mol. The van der Waals surface area contributed by atoms with E-state index in [1.54, 1.807) is 11.8 Å². The van der Waals surface area contributed by atoms with E-state index in [9.17, 15) is 0 Å². The maximum atomic E-state index is 6.30. The van der Waals surface area contributed by atoms with Crippen molar-refractivity contribution in [3.63, 3.8) is 0 Å². The Morgan fingerprint density at radius 3 is 2.52 bits per heavy atom. The molecule has 0 spiro atoms. The molecule has 0 unspecified atom stereocenters. The number of aryl methyl sites for hydroxylation is 2. The molecule has 122 valence electrons. The standard InChI is InChI=1S/C22H17NOS/c1-14-11-12-17(15(2)13-14)23-18-8-4-6-10-20(18)25-21-16-7-3-5-9-19(16)24-22(21)23/h3-13H,1-2H3. The van der Waals surface area contributed by atoms with Crippen LogP contribution in [0.2, 0.25) is 0 Å². The van der Waals surface area contributed by atoms with Crippen LogP contribution in [0.3, 0.4) is 0 Å². The Hall–Kier alpha value is -2.65. The first-order valence-corrected chi connectivity index (χ1v) is 9.20. The monoisotopic (exact) mass is 343 g/mol. The van der Waals surface area contributed by atoms with Crippen molar-refractivity contribution in [2.45, 2.75) is 23.6 Å². The van der Waals surface area contributed by atoms with E-state index in [0.29, 0.717) is 0 Å². The highest BCUT2D eigenvalue weighted by atomic mass is 32.2. The maximum Gasteiger partial charge on any atom is 0.219 e. The molecule has 2 nitrogen and oxygen atoms in total. The minimum absolute atomic E-state index is 0.914. The zero-order valence-corrected chi connectivity index (χ0v) is 14.9. The van der Waals surface area contributed by atoms with E-state index < -0.39 is 0 Å². The molecule has 3 aromatic carbocycles. The lowest BCUT2D eigenvalue weighted by molar-refractivity contribution is 0.611. The number of furan rings is 1. The maximum absolute atomic E-state index is 6.30. The normalized spacial score (nSPS) is 13.0. The number of anilines is 3. The van der Waals surface area contributed by atoms with Crippen molar-refractivity contribution < 1.29 is 4.42 Å². The zero-order valence-electron chi connectivity index (χ0n) is 14.1. The van der Waals surface area contributed by atoms with Crippen LogP contribution in [0.15, 0.2) is 80.9 Å². The van der Waals surface area contributed by atoms with Gasteiger partial charge in [-0.25, -0.2) is 0 Å². The van der Waals surface area contributed by atoms with Gasteiger partial charge in [0, 0.05) is 10.3 Å². The SMILES string of the molecule is Cc1ccc(N2c3ccccc3Sc3c2oc2ccccc32)c(C)c1. The van der Waals surface area contributed by atoms with Crippen molar-refractivity contribution in [3.8, 4) is 0 Å². The largest absolute Gasteiger partial charge is 0.439 e. The van der Waals surface area contributed by atoms with Gasteiger partial charge in [-0.1, -0.05) is 53.7 Å². The molecule has 0 radical (unpaired) electrons. The topological polar surface area (TPSA) is 16.4 Å². The first kappa shape index (κ1) is 14.7. The highest BCUT2D eigenvalue weighted by Gasteiger charge is 2.30. The summed E-state index contributed by atoms with van der Waals surface area (Å²) in [6.07, 6.45) is 0. The number of rotatable bonds is 1. The number of hydrogen-bond acceptors (Lipinski definition) is 3. The van der Waals surface area contributed by atoms with Crippen LogP contribution in [0.5, 0.6) is 0 Å². The number of fused-ring (bicyclic) bond motifs is 4. The van der Waals surface area contributed by atoms with Crippen LogP contribution in [0.4, 0.5) is 17.3 Å². The van der Waals surface area contributed by atoms with Gasteiger partial charge in [0.15, 0.2) is 0 Å². The molecule has 5 rings (SSSR count). The summed E-state index contributed by atoms with van der Waals surface area (Å²) in [6, 6.07) is 23.4. The molecule has 1 aromatic heterocycles. The predicted octanol–water partition coefficient (Wildman–Crippen LogP) is 6.98. The van der Waals surface area contributed by atoms with Gasteiger partial charge in [0.1, 0.15) is 5.58 Å². The molecule has 1 aliphatic heterocycles. The zero-order chi connectivity index (χ0) is 17.0. The van der Waals surface area contributed by atoms with E-state index >= 15 is 0 Å².